The number of allylic oxidation sites excluding steroid dienone is 4. The van der Waals surface area contributed by atoms with Crippen LogP contribution in [0.1, 0.15) is 61.3 Å². The molecule has 0 bridgehead atoms. The molecule has 0 amide bonds. The number of carboxylic acids is 2. The van der Waals surface area contributed by atoms with Gasteiger partial charge in [-0.1, -0.05) is 34.6 Å². The van der Waals surface area contributed by atoms with E-state index in [2.05, 4.69) is 0 Å². The third-order valence-corrected chi connectivity index (χ3v) is 4.18. The van der Waals surface area contributed by atoms with Gasteiger partial charge in [-0.2, -0.15) is 0 Å². The van der Waals surface area contributed by atoms with Crippen LogP contribution < -0.4 is 0 Å². The van der Waals surface area contributed by atoms with Gasteiger partial charge in [0.25, 0.3) is 0 Å². The van der Waals surface area contributed by atoms with Gasteiger partial charge < -0.3 is 10.2 Å². The van der Waals surface area contributed by atoms with Crippen LogP contribution in [0, 0.1) is 11.3 Å². The Hall–Kier alpha value is -2.24. The Labute approximate surface area is 148 Å². The Balaban J connectivity index is 0.00000277. The van der Waals surface area contributed by atoms with Crippen LogP contribution in [0.2, 0.25) is 0 Å². The van der Waals surface area contributed by atoms with Crippen molar-refractivity contribution in [1.29, 1.82) is 0 Å². The normalized spacial score (nSPS) is 16.4. The van der Waals surface area contributed by atoms with E-state index in [4.69, 9.17) is 10.2 Å². The number of ketones is 2. The van der Waals surface area contributed by atoms with Crippen molar-refractivity contribution in [3.63, 3.8) is 0 Å². The summed E-state index contributed by atoms with van der Waals surface area (Å²) >= 11 is 0. The van der Waals surface area contributed by atoms with Crippen LogP contribution in [0.5, 0.6) is 0 Å². The number of hydrogen-bond donors (Lipinski definition) is 2. The quantitative estimate of drug-likeness (QED) is 0.709. The Morgan fingerprint density at radius 2 is 1.44 bits per heavy atom. The third-order valence-electron chi connectivity index (χ3n) is 4.18. The lowest BCUT2D eigenvalue weighted by molar-refractivity contribution is -0.139. The summed E-state index contributed by atoms with van der Waals surface area (Å²) in [5.41, 5.74) is -0.147. The molecule has 0 aromatic rings. The molecule has 0 spiro atoms. The molecule has 1 aliphatic rings. The van der Waals surface area contributed by atoms with Gasteiger partial charge in [0.05, 0.1) is 12.8 Å². The second kappa shape index (κ2) is 8.74. The molecule has 1 atom stereocenters. The molecule has 140 valence electrons. The molecule has 0 saturated heterocycles. The van der Waals surface area contributed by atoms with Crippen molar-refractivity contribution >= 4 is 23.5 Å². The maximum Gasteiger partial charge on any atom is 0.304 e. The summed E-state index contributed by atoms with van der Waals surface area (Å²) in [6.07, 6.45) is -0.515. The standard InChI is InChI=1S/C17H22O6.C2H6/c1-8(6-11(18)19)13-9(2)16(23)14(10(3)15(13)22)17(4,5)7-12(20)21;1-2/h8H,6-7H2,1-5H3,(H,18,19)(H,20,21);1-2H3. The van der Waals surface area contributed by atoms with Crippen molar-refractivity contribution < 1.29 is 29.4 Å². The molecule has 0 fully saturated rings. The van der Waals surface area contributed by atoms with Gasteiger partial charge in [-0.3, -0.25) is 19.2 Å². The van der Waals surface area contributed by atoms with Gasteiger partial charge in [0.15, 0.2) is 11.6 Å². The summed E-state index contributed by atoms with van der Waals surface area (Å²) in [4.78, 5) is 47.2. The third kappa shape index (κ3) is 5.11. The molecule has 1 aliphatic carbocycles. The smallest absolute Gasteiger partial charge is 0.304 e. The largest absolute Gasteiger partial charge is 0.481 e. The zero-order valence-corrected chi connectivity index (χ0v) is 16.0. The minimum atomic E-state index is -1.05. The van der Waals surface area contributed by atoms with Crippen LogP contribution in [0.3, 0.4) is 0 Å². The number of Topliss-reactive ketones (excluding diaryl/α,β-unsaturated/α-hetero) is 2. The van der Waals surface area contributed by atoms with E-state index in [1.54, 1.807) is 20.8 Å². The van der Waals surface area contributed by atoms with Crippen molar-refractivity contribution in [2.24, 2.45) is 11.3 Å². The SMILES string of the molecule is CC.CC1=C(C(C)CC(=O)O)C(=O)C(C)=C(C(C)(C)CC(=O)O)C1=O. The Kier molecular flexibility index (Phi) is 7.96. The first-order chi connectivity index (χ1) is 11.4. The van der Waals surface area contributed by atoms with Crippen molar-refractivity contribution in [3.05, 3.63) is 22.3 Å². The van der Waals surface area contributed by atoms with E-state index < -0.39 is 23.3 Å². The van der Waals surface area contributed by atoms with Gasteiger partial charge in [0, 0.05) is 27.7 Å². The van der Waals surface area contributed by atoms with Crippen molar-refractivity contribution in [3.8, 4) is 0 Å². The van der Waals surface area contributed by atoms with Crippen LogP contribution in [0.15, 0.2) is 22.3 Å². The molecule has 0 aromatic heterocycles. The fourth-order valence-corrected chi connectivity index (χ4v) is 3.20. The highest BCUT2D eigenvalue weighted by Crippen LogP contribution is 2.40. The number of aliphatic carboxylic acids is 2. The fraction of sp³-hybridized carbons (Fsp3) is 0.579. The van der Waals surface area contributed by atoms with E-state index in [1.165, 1.54) is 13.8 Å². The van der Waals surface area contributed by atoms with Crippen LogP contribution in [-0.2, 0) is 19.2 Å². The molecule has 0 saturated carbocycles. The molecule has 0 radical (unpaired) electrons. The van der Waals surface area contributed by atoms with Crippen molar-refractivity contribution in [2.75, 3.05) is 0 Å². The number of carbonyl (C=O) groups excluding carboxylic acids is 2. The first-order valence-corrected chi connectivity index (χ1v) is 8.35. The van der Waals surface area contributed by atoms with Gasteiger partial charge in [-0.25, -0.2) is 0 Å². The lowest BCUT2D eigenvalue weighted by atomic mass is 9.69. The maximum atomic E-state index is 12.7. The summed E-state index contributed by atoms with van der Waals surface area (Å²) in [5.74, 6) is -3.42. The Bertz CT molecular complexity index is 649. The number of rotatable bonds is 6. The first kappa shape index (κ1) is 22.8. The van der Waals surface area contributed by atoms with Gasteiger partial charge in [0.2, 0.25) is 0 Å². The number of carboxylic acid groups (broad SMARTS) is 2. The summed E-state index contributed by atoms with van der Waals surface area (Å²) in [6, 6.07) is 0. The summed E-state index contributed by atoms with van der Waals surface area (Å²) in [6.45, 7) is 11.8. The van der Waals surface area contributed by atoms with E-state index in [-0.39, 0.29) is 46.7 Å². The van der Waals surface area contributed by atoms with Gasteiger partial charge >= 0.3 is 11.9 Å². The summed E-state index contributed by atoms with van der Waals surface area (Å²) in [5, 5.41) is 17.9. The van der Waals surface area contributed by atoms with Crippen LogP contribution in [0.25, 0.3) is 0 Å². The molecule has 0 aliphatic heterocycles. The summed E-state index contributed by atoms with van der Waals surface area (Å²) < 4.78 is 0. The van der Waals surface area contributed by atoms with Crippen LogP contribution in [0.4, 0.5) is 0 Å². The van der Waals surface area contributed by atoms with Gasteiger partial charge in [-0.15, -0.1) is 0 Å². The second-order valence-corrected chi connectivity index (χ2v) is 6.65. The average Bonchev–Trinajstić information content (AvgIpc) is 2.45. The lowest BCUT2D eigenvalue weighted by Gasteiger charge is -2.32. The number of carbonyl (C=O) groups is 4. The molecular weight excluding hydrogens is 324 g/mol. The zero-order valence-electron chi connectivity index (χ0n) is 16.0. The molecular formula is C19H28O6. The zero-order chi connectivity index (χ0) is 20.1. The molecule has 6 nitrogen and oxygen atoms in total. The van der Waals surface area contributed by atoms with E-state index in [0.717, 1.165) is 0 Å². The molecule has 25 heavy (non-hydrogen) atoms. The minimum absolute atomic E-state index is 0.202. The average molecular weight is 352 g/mol. The van der Waals surface area contributed by atoms with Gasteiger partial charge in [-0.05, 0) is 19.8 Å². The second-order valence-electron chi connectivity index (χ2n) is 6.65. The maximum absolute atomic E-state index is 12.7. The predicted octanol–water partition coefficient (Wildman–Crippen LogP) is 3.41. The van der Waals surface area contributed by atoms with Crippen LogP contribution >= 0.6 is 0 Å². The van der Waals surface area contributed by atoms with Crippen LogP contribution in [-0.4, -0.2) is 33.7 Å². The molecule has 2 N–H and O–H groups in total. The monoisotopic (exact) mass is 352 g/mol. The van der Waals surface area contributed by atoms with E-state index in [0.29, 0.717) is 0 Å². The Morgan fingerprint density at radius 3 is 1.84 bits per heavy atom. The Morgan fingerprint density at radius 1 is 0.960 bits per heavy atom. The predicted molar refractivity (Wildman–Crippen MR) is 94.2 cm³/mol. The van der Waals surface area contributed by atoms with E-state index >= 15 is 0 Å². The van der Waals surface area contributed by atoms with Crippen molar-refractivity contribution in [2.45, 2.75) is 61.3 Å². The molecule has 1 unspecified atom stereocenters. The molecule has 6 heteroatoms. The first-order valence-electron chi connectivity index (χ1n) is 8.35. The highest BCUT2D eigenvalue weighted by molar-refractivity contribution is 6.25. The topological polar surface area (TPSA) is 109 Å². The number of hydrogen-bond acceptors (Lipinski definition) is 4. The van der Waals surface area contributed by atoms with E-state index in [1.807, 2.05) is 13.8 Å². The van der Waals surface area contributed by atoms with Crippen molar-refractivity contribution in [1.82, 2.24) is 0 Å². The summed E-state index contributed by atoms with van der Waals surface area (Å²) in [7, 11) is 0. The molecule has 0 heterocycles. The minimum Gasteiger partial charge on any atom is -0.481 e. The molecule has 0 aromatic carbocycles. The highest BCUT2D eigenvalue weighted by Gasteiger charge is 2.40. The highest BCUT2D eigenvalue weighted by atomic mass is 16.4. The fourth-order valence-electron chi connectivity index (χ4n) is 3.20. The van der Waals surface area contributed by atoms with E-state index in [9.17, 15) is 19.2 Å². The lowest BCUT2D eigenvalue weighted by Crippen LogP contribution is -2.33. The van der Waals surface area contributed by atoms with Gasteiger partial charge in [0.1, 0.15) is 0 Å². The molecule has 1 rings (SSSR count).